The molecule has 0 radical (unpaired) electrons. The highest BCUT2D eigenvalue weighted by molar-refractivity contribution is 9.10. The molecule has 0 aliphatic carbocycles. The Morgan fingerprint density at radius 3 is 2.79 bits per heavy atom. The van der Waals surface area contributed by atoms with Crippen LogP contribution in [0.2, 0.25) is 0 Å². The van der Waals surface area contributed by atoms with Gasteiger partial charge in [-0.05, 0) is 30.3 Å². The SMILES string of the molecule is N#Cc1cc(Br)ccc1NC(=O)c1ccc(N)cn1. The molecular weight excluding hydrogens is 308 g/mol. The lowest BCUT2D eigenvalue weighted by Gasteiger charge is -2.07. The van der Waals surface area contributed by atoms with Gasteiger partial charge < -0.3 is 11.1 Å². The summed E-state index contributed by atoms with van der Waals surface area (Å²) in [4.78, 5) is 15.9. The first-order valence-corrected chi connectivity index (χ1v) is 6.12. The highest BCUT2D eigenvalue weighted by Gasteiger charge is 2.10. The summed E-state index contributed by atoms with van der Waals surface area (Å²) in [6.07, 6.45) is 1.40. The topological polar surface area (TPSA) is 91.8 Å². The van der Waals surface area contributed by atoms with Gasteiger partial charge in [-0.1, -0.05) is 15.9 Å². The van der Waals surface area contributed by atoms with E-state index in [1.54, 1.807) is 24.3 Å². The van der Waals surface area contributed by atoms with E-state index < -0.39 is 0 Å². The molecule has 6 heteroatoms. The fraction of sp³-hybridized carbons (Fsp3) is 0. The second-order valence-electron chi connectivity index (χ2n) is 3.73. The predicted molar refractivity (Wildman–Crippen MR) is 75.5 cm³/mol. The lowest BCUT2D eigenvalue weighted by atomic mass is 10.2. The molecule has 5 nitrogen and oxygen atoms in total. The molecule has 1 aromatic heterocycles. The van der Waals surface area contributed by atoms with Crippen LogP contribution >= 0.6 is 15.9 Å². The number of hydrogen-bond acceptors (Lipinski definition) is 4. The monoisotopic (exact) mass is 316 g/mol. The van der Waals surface area contributed by atoms with E-state index in [1.807, 2.05) is 6.07 Å². The zero-order chi connectivity index (χ0) is 13.8. The number of rotatable bonds is 2. The van der Waals surface area contributed by atoms with Gasteiger partial charge in [-0.15, -0.1) is 0 Å². The number of benzene rings is 1. The van der Waals surface area contributed by atoms with Crippen LogP contribution in [0, 0.1) is 11.3 Å². The molecule has 1 amide bonds. The van der Waals surface area contributed by atoms with Crippen molar-refractivity contribution >= 4 is 33.2 Å². The van der Waals surface area contributed by atoms with E-state index in [4.69, 9.17) is 11.0 Å². The van der Waals surface area contributed by atoms with Crippen molar-refractivity contribution in [2.75, 3.05) is 11.1 Å². The number of pyridine rings is 1. The number of amides is 1. The van der Waals surface area contributed by atoms with Crippen molar-refractivity contribution < 1.29 is 4.79 Å². The van der Waals surface area contributed by atoms with Gasteiger partial charge in [-0.3, -0.25) is 4.79 Å². The Labute approximate surface area is 118 Å². The van der Waals surface area contributed by atoms with Crippen LogP contribution < -0.4 is 11.1 Å². The summed E-state index contributed by atoms with van der Waals surface area (Å²) in [6.45, 7) is 0. The van der Waals surface area contributed by atoms with E-state index in [-0.39, 0.29) is 11.6 Å². The number of carbonyl (C=O) groups excluding carboxylic acids is 1. The molecule has 0 aliphatic rings. The van der Waals surface area contributed by atoms with Crippen molar-refractivity contribution in [3.63, 3.8) is 0 Å². The van der Waals surface area contributed by atoms with Crippen LogP contribution in [-0.2, 0) is 0 Å². The molecule has 0 bridgehead atoms. The number of halogens is 1. The van der Waals surface area contributed by atoms with Gasteiger partial charge in [0.2, 0.25) is 0 Å². The van der Waals surface area contributed by atoms with Crippen LogP contribution in [0.1, 0.15) is 16.1 Å². The quantitative estimate of drug-likeness (QED) is 0.890. The zero-order valence-corrected chi connectivity index (χ0v) is 11.3. The maximum atomic E-state index is 11.9. The number of nitrogens with zero attached hydrogens (tertiary/aromatic N) is 2. The molecule has 0 saturated carbocycles. The van der Waals surface area contributed by atoms with E-state index in [9.17, 15) is 4.79 Å². The highest BCUT2D eigenvalue weighted by atomic mass is 79.9. The Bertz CT molecular complexity index is 661. The molecular formula is C13H9BrN4O. The molecule has 1 heterocycles. The van der Waals surface area contributed by atoms with Crippen LogP contribution in [0.15, 0.2) is 41.0 Å². The van der Waals surface area contributed by atoms with E-state index in [0.29, 0.717) is 16.9 Å². The van der Waals surface area contributed by atoms with Gasteiger partial charge in [-0.25, -0.2) is 4.98 Å². The Morgan fingerprint density at radius 1 is 1.37 bits per heavy atom. The summed E-state index contributed by atoms with van der Waals surface area (Å²) in [5.74, 6) is -0.390. The minimum absolute atomic E-state index is 0.237. The first kappa shape index (κ1) is 13.1. The van der Waals surface area contributed by atoms with Crippen LogP contribution in [0.4, 0.5) is 11.4 Å². The second-order valence-corrected chi connectivity index (χ2v) is 4.65. The highest BCUT2D eigenvalue weighted by Crippen LogP contribution is 2.20. The third-order valence-electron chi connectivity index (χ3n) is 2.37. The maximum absolute atomic E-state index is 11.9. The van der Waals surface area contributed by atoms with Crippen molar-refractivity contribution in [3.05, 3.63) is 52.3 Å². The molecule has 0 saturated heterocycles. The van der Waals surface area contributed by atoms with Crippen molar-refractivity contribution in [1.82, 2.24) is 4.98 Å². The van der Waals surface area contributed by atoms with Crippen LogP contribution in [-0.4, -0.2) is 10.9 Å². The molecule has 0 spiro atoms. The minimum Gasteiger partial charge on any atom is -0.397 e. The predicted octanol–water partition coefficient (Wildman–Crippen LogP) is 2.55. The number of nitrogens with two attached hydrogens (primary N) is 1. The molecule has 2 rings (SSSR count). The molecule has 0 unspecified atom stereocenters. The number of hydrogen-bond donors (Lipinski definition) is 2. The Balaban J connectivity index is 2.24. The molecule has 3 N–H and O–H groups in total. The molecule has 0 atom stereocenters. The van der Waals surface area contributed by atoms with Crippen LogP contribution in [0.25, 0.3) is 0 Å². The second kappa shape index (κ2) is 5.50. The van der Waals surface area contributed by atoms with Crippen molar-refractivity contribution in [3.8, 4) is 6.07 Å². The lowest BCUT2D eigenvalue weighted by molar-refractivity contribution is 0.102. The van der Waals surface area contributed by atoms with Gasteiger partial charge in [0.1, 0.15) is 11.8 Å². The summed E-state index contributed by atoms with van der Waals surface area (Å²) in [6, 6.07) is 10.2. The summed E-state index contributed by atoms with van der Waals surface area (Å²) >= 11 is 3.27. The molecule has 94 valence electrons. The van der Waals surface area contributed by atoms with Gasteiger partial charge in [0.25, 0.3) is 5.91 Å². The fourth-order valence-corrected chi connectivity index (χ4v) is 1.81. The summed E-state index contributed by atoms with van der Waals surface area (Å²) < 4.78 is 0.771. The molecule has 0 aliphatic heterocycles. The number of nitrogens with one attached hydrogen (secondary N) is 1. The summed E-state index contributed by atoms with van der Waals surface area (Å²) in [5, 5.41) is 11.6. The average Bonchev–Trinajstić information content (AvgIpc) is 2.41. The standard InChI is InChI=1S/C13H9BrN4O/c14-9-1-3-11(8(5-9)6-15)18-13(19)12-4-2-10(16)7-17-12/h1-5,7H,16H2,(H,18,19). The Kier molecular flexibility index (Phi) is 3.78. The van der Waals surface area contributed by atoms with Gasteiger partial charge in [-0.2, -0.15) is 5.26 Å². The van der Waals surface area contributed by atoms with Crippen molar-refractivity contribution in [2.45, 2.75) is 0 Å². The number of carbonyl (C=O) groups is 1. The normalized spacial score (nSPS) is 9.68. The largest absolute Gasteiger partial charge is 0.397 e. The molecule has 0 fully saturated rings. The lowest BCUT2D eigenvalue weighted by Crippen LogP contribution is -2.14. The Hall–Kier alpha value is -2.39. The van der Waals surface area contributed by atoms with Gasteiger partial charge >= 0.3 is 0 Å². The van der Waals surface area contributed by atoms with E-state index in [2.05, 4.69) is 26.2 Å². The smallest absolute Gasteiger partial charge is 0.274 e. The fourth-order valence-electron chi connectivity index (χ4n) is 1.44. The maximum Gasteiger partial charge on any atom is 0.274 e. The zero-order valence-electron chi connectivity index (χ0n) is 9.72. The first-order valence-electron chi connectivity index (χ1n) is 5.32. The van der Waals surface area contributed by atoms with Gasteiger partial charge in [0, 0.05) is 4.47 Å². The average molecular weight is 317 g/mol. The Morgan fingerprint density at radius 2 is 2.16 bits per heavy atom. The van der Waals surface area contributed by atoms with Crippen LogP contribution in [0.5, 0.6) is 0 Å². The van der Waals surface area contributed by atoms with Gasteiger partial charge in [0.05, 0.1) is 23.1 Å². The molecule has 19 heavy (non-hydrogen) atoms. The van der Waals surface area contributed by atoms with Crippen LogP contribution in [0.3, 0.4) is 0 Å². The number of nitriles is 1. The molecule has 1 aromatic carbocycles. The third-order valence-corrected chi connectivity index (χ3v) is 2.86. The molecule has 2 aromatic rings. The number of nitrogen functional groups attached to an aromatic ring is 1. The summed E-state index contributed by atoms with van der Waals surface area (Å²) in [7, 11) is 0. The van der Waals surface area contributed by atoms with Gasteiger partial charge in [0.15, 0.2) is 0 Å². The minimum atomic E-state index is -0.390. The first-order chi connectivity index (χ1) is 9.10. The van der Waals surface area contributed by atoms with E-state index in [1.165, 1.54) is 12.3 Å². The van der Waals surface area contributed by atoms with E-state index in [0.717, 1.165) is 4.47 Å². The number of anilines is 2. The van der Waals surface area contributed by atoms with Crippen molar-refractivity contribution in [2.24, 2.45) is 0 Å². The van der Waals surface area contributed by atoms with Crippen molar-refractivity contribution in [1.29, 1.82) is 5.26 Å². The summed E-state index contributed by atoms with van der Waals surface area (Å²) in [5.41, 5.74) is 7.03. The third kappa shape index (κ3) is 3.09. The number of aromatic nitrogens is 1. The van der Waals surface area contributed by atoms with E-state index >= 15 is 0 Å².